The van der Waals surface area contributed by atoms with Gasteiger partial charge in [-0.15, -0.1) is 0 Å². The first-order valence-corrected chi connectivity index (χ1v) is 9.05. The Morgan fingerprint density at radius 1 is 1.20 bits per heavy atom. The molecule has 0 atom stereocenters. The molecule has 1 heterocycles. The molecule has 1 saturated heterocycles. The monoisotopic (exact) mass is 305 g/mol. The number of nitrogens with two attached hydrogens (primary N) is 1. The standard InChI is InChI=1S/C13H27N3O3S/c1-2-7-16(13-5-3-12(14)4-6-13)20(17,18)15-8-10-19-11-9-15/h12-13H,2-11,14H2,1H3. The molecule has 6 nitrogen and oxygen atoms in total. The molecule has 2 aliphatic rings. The van der Waals surface area contributed by atoms with Crippen LogP contribution in [-0.2, 0) is 14.9 Å². The summed E-state index contributed by atoms with van der Waals surface area (Å²) in [5, 5.41) is 0. The van der Waals surface area contributed by atoms with Gasteiger partial charge in [-0.25, -0.2) is 0 Å². The Bertz CT molecular complexity index is 388. The van der Waals surface area contributed by atoms with Crippen LogP contribution in [-0.4, -0.2) is 62.0 Å². The highest BCUT2D eigenvalue weighted by Crippen LogP contribution is 2.26. The molecule has 1 aliphatic heterocycles. The lowest BCUT2D eigenvalue weighted by Crippen LogP contribution is -2.53. The minimum atomic E-state index is -3.36. The molecule has 0 spiro atoms. The van der Waals surface area contributed by atoms with Crippen LogP contribution < -0.4 is 5.73 Å². The van der Waals surface area contributed by atoms with E-state index in [-0.39, 0.29) is 12.1 Å². The normalized spacial score (nSPS) is 29.8. The molecule has 20 heavy (non-hydrogen) atoms. The van der Waals surface area contributed by atoms with Crippen LogP contribution in [0.2, 0.25) is 0 Å². The summed E-state index contributed by atoms with van der Waals surface area (Å²) in [6.07, 6.45) is 4.44. The lowest BCUT2D eigenvalue weighted by Gasteiger charge is -2.38. The lowest BCUT2D eigenvalue weighted by atomic mass is 9.92. The van der Waals surface area contributed by atoms with Crippen LogP contribution in [0.25, 0.3) is 0 Å². The summed E-state index contributed by atoms with van der Waals surface area (Å²) in [6.45, 7) is 4.54. The summed E-state index contributed by atoms with van der Waals surface area (Å²) in [4.78, 5) is 0. The summed E-state index contributed by atoms with van der Waals surface area (Å²) >= 11 is 0. The predicted molar refractivity (Wildman–Crippen MR) is 78.5 cm³/mol. The van der Waals surface area contributed by atoms with E-state index < -0.39 is 10.2 Å². The summed E-state index contributed by atoms with van der Waals surface area (Å²) in [7, 11) is -3.36. The van der Waals surface area contributed by atoms with E-state index in [9.17, 15) is 8.42 Å². The van der Waals surface area contributed by atoms with Gasteiger partial charge in [-0.2, -0.15) is 17.0 Å². The van der Waals surface area contributed by atoms with E-state index in [2.05, 4.69) is 0 Å². The van der Waals surface area contributed by atoms with Gasteiger partial charge in [0.05, 0.1) is 13.2 Å². The van der Waals surface area contributed by atoms with E-state index in [0.717, 1.165) is 32.1 Å². The molecule has 0 aromatic carbocycles. The SMILES string of the molecule is CCCN(C1CCC(N)CC1)S(=O)(=O)N1CCOCC1. The first kappa shape index (κ1) is 16.2. The van der Waals surface area contributed by atoms with Crippen LogP contribution in [0.1, 0.15) is 39.0 Å². The van der Waals surface area contributed by atoms with E-state index in [0.29, 0.717) is 32.8 Å². The lowest BCUT2D eigenvalue weighted by molar-refractivity contribution is 0.0684. The topological polar surface area (TPSA) is 75.9 Å². The third-order valence-corrected chi connectivity index (χ3v) is 6.28. The molecule has 0 unspecified atom stereocenters. The molecule has 0 aromatic rings. The maximum absolute atomic E-state index is 12.8. The van der Waals surface area contributed by atoms with Gasteiger partial charge >= 0.3 is 0 Å². The Morgan fingerprint density at radius 2 is 1.80 bits per heavy atom. The second kappa shape index (κ2) is 7.17. The molecule has 7 heteroatoms. The molecule has 0 radical (unpaired) electrons. The summed E-state index contributed by atoms with van der Waals surface area (Å²) in [5.41, 5.74) is 5.93. The minimum Gasteiger partial charge on any atom is -0.379 e. The Hall–Kier alpha value is -0.210. The number of hydrogen-bond acceptors (Lipinski definition) is 4. The number of ether oxygens (including phenoxy) is 1. The molecule has 2 fully saturated rings. The van der Waals surface area contributed by atoms with Crippen LogP contribution >= 0.6 is 0 Å². The van der Waals surface area contributed by atoms with Crippen molar-refractivity contribution in [3.05, 3.63) is 0 Å². The van der Waals surface area contributed by atoms with Crippen molar-refractivity contribution in [1.29, 1.82) is 0 Å². The second-order valence-electron chi connectivity index (χ2n) is 5.70. The fourth-order valence-electron chi connectivity index (χ4n) is 3.02. The highest BCUT2D eigenvalue weighted by molar-refractivity contribution is 7.86. The zero-order valence-electron chi connectivity index (χ0n) is 12.3. The average Bonchev–Trinajstić information content (AvgIpc) is 2.47. The van der Waals surface area contributed by atoms with E-state index in [1.165, 1.54) is 0 Å². The molecular weight excluding hydrogens is 278 g/mol. The molecule has 2 N–H and O–H groups in total. The highest BCUT2D eigenvalue weighted by atomic mass is 32.2. The zero-order chi connectivity index (χ0) is 14.6. The van der Waals surface area contributed by atoms with Crippen LogP contribution in [0, 0.1) is 0 Å². The maximum Gasteiger partial charge on any atom is 0.282 e. The van der Waals surface area contributed by atoms with Gasteiger partial charge in [0.25, 0.3) is 10.2 Å². The average molecular weight is 305 g/mol. The largest absolute Gasteiger partial charge is 0.379 e. The van der Waals surface area contributed by atoms with Gasteiger partial charge in [0.15, 0.2) is 0 Å². The number of hydrogen-bond donors (Lipinski definition) is 1. The van der Waals surface area contributed by atoms with Gasteiger partial charge in [0.1, 0.15) is 0 Å². The first-order chi connectivity index (χ1) is 9.55. The van der Waals surface area contributed by atoms with Crippen molar-refractivity contribution < 1.29 is 13.2 Å². The summed E-state index contributed by atoms with van der Waals surface area (Å²) in [6, 6.07) is 0.350. The fourth-order valence-corrected chi connectivity index (χ4v) is 4.93. The van der Waals surface area contributed by atoms with Gasteiger partial charge in [-0.3, -0.25) is 0 Å². The van der Waals surface area contributed by atoms with Crippen LogP contribution in [0.15, 0.2) is 0 Å². The first-order valence-electron chi connectivity index (χ1n) is 7.66. The molecule has 0 amide bonds. The summed E-state index contributed by atoms with van der Waals surface area (Å²) < 4.78 is 34.2. The van der Waals surface area contributed by atoms with Crippen LogP contribution in [0.3, 0.4) is 0 Å². The van der Waals surface area contributed by atoms with Crippen molar-refractivity contribution >= 4 is 10.2 Å². The Labute approximate surface area is 122 Å². The second-order valence-corrected chi connectivity index (χ2v) is 7.58. The van der Waals surface area contributed by atoms with Gasteiger partial charge < -0.3 is 10.5 Å². The Balaban J connectivity index is 2.09. The number of morpholine rings is 1. The molecule has 1 aliphatic carbocycles. The van der Waals surface area contributed by atoms with E-state index >= 15 is 0 Å². The molecular formula is C13H27N3O3S. The molecule has 0 bridgehead atoms. The van der Waals surface area contributed by atoms with Crippen molar-refractivity contribution in [2.75, 3.05) is 32.8 Å². The quantitative estimate of drug-likeness (QED) is 0.804. The van der Waals surface area contributed by atoms with E-state index in [1.54, 1.807) is 8.61 Å². The van der Waals surface area contributed by atoms with Crippen LogP contribution in [0.4, 0.5) is 0 Å². The highest BCUT2D eigenvalue weighted by Gasteiger charge is 2.36. The van der Waals surface area contributed by atoms with E-state index in [1.807, 2.05) is 6.92 Å². The van der Waals surface area contributed by atoms with Crippen molar-refractivity contribution in [2.45, 2.75) is 51.1 Å². The summed E-state index contributed by atoms with van der Waals surface area (Å²) in [5.74, 6) is 0. The molecule has 0 aromatic heterocycles. The van der Waals surface area contributed by atoms with Gasteiger partial charge in [-0.1, -0.05) is 6.92 Å². The zero-order valence-corrected chi connectivity index (χ0v) is 13.1. The van der Waals surface area contributed by atoms with Gasteiger partial charge in [0, 0.05) is 31.7 Å². The van der Waals surface area contributed by atoms with Gasteiger partial charge in [-0.05, 0) is 32.1 Å². The molecule has 2 rings (SSSR count). The molecule has 118 valence electrons. The van der Waals surface area contributed by atoms with Crippen molar-refractivity contribution in [2.24, 2.45) is 5.73 Å². The van der Waals surface area contributed by atoms with Crippen molar-refractivity contribution in [3.8, 4) is 0 Å². The van der Waals surface area contributed by atoms with Crippen LogP contribution in [0.5, 0.6) is 0 Å². The smallest absolute Gasteiger partial charge is 0.282 e. The number of nitrogens with zero attached hydrogens (tertiary/aromatic N) is 2. The third kappa shape index (κ3) is 3.71. The Morgan fingerprint density at radius 3 is 2.35 bits per heavy atom. The van der Waals surface area contributed by atoms with Gasteiger partial charge in [0.2, 0.25) is 0 Å². The maximum atomic E-state index is 12.8. The minimum absolute atomic E-state index is 0.114. The van der Waals surface area contributed by atoms with Crippen molar-refractivity contribution in [1.82, 2.24) is 8.61 Å². The molecule has 1 saturated carbocycles. The Kier molecular flexibility index (Phi) is 5.80. The van der Waals surface area contributed by atoms with Crippen molar-refractivity contribution in [3.63, 3.8) is 0 Å². The third-order valence-electron chi connectivity index (χ3n) is 4.19. The fraction of sp³-hybridized carbons (Fsp3) is 1.00. The number of rotatable bonds is 5. The predicted octanol–water partition coefficient (Wildman–Crippen LogP) is 0.545. The van der Waals surface area contributed by atoms with E-state index in [4.69, 9.17) is 10.5 Å².